The summed E-state index contributed by atoms with van der Waals surface area (Å²) in [6, 6.07) is 9.23. The van der Waals surface area contributed by atoms with E-state index in [4.69, 9.17) is 5.73 Å². The summed E-state index contributed by atoms with van der Waals surface area (Å²) in [4.78, 5) is 3.97. The van der Waals surface area contributed by atoms with Gasteiger partial charge in [-0.05, 0) is 24.7 Å². The molecule has 0 aliphatic rings. The lowest BCUT2D eigenvalue weighted by Crippen LogP contribution is -2.23. The smallest absolute Gasteiger partial charge is 0.100 e. The Hall–Kier alpha value is -1.02. The highest BCUT2D eigenvalue weighted by Crippen LogP contribution is 2.18. The summed E-state index contributed by atoms with van der Waals surface area (Å²) in [6.45, 7) is 3.73. The second kappa shape index (κ2) is 4.87. The third kappa shape index (κ3) is 2.74. The zero-order valence-corrected chi connectivity index (χ0v) is 8.00. The van der Waals surface area contributed by atoms with Crippen LogP contribution in [0.4, 0.5) is 0 Å². The monoisotopic (exact) mass is 191 g/mol. The van der Waals surface area contributed by atoms with E-state index in [0.29, 0.717) is 0 Å². The summed E-state index contributed by atoms with van der Waals surface area (Å²) in [6.07, 6.45) is 0. The van der Waals surface area contributed by atoms with Crippen LogP contribution in [0.2, 0.25) is 0 Å². The van der Waals surface area contributed by atoms with E-state index >= 15 is 0 Å². The Bertz CT molecular complexity index is 302. The highest BCUT2D eigenvalue weighted by molar-refractivity contribution is 7.78. The van der Waals surface area contributed by atoms with Gasteiger partial charge in [-0.1, -0.05) is 30.3 Å². The average Bonchev–Trinajstić information content (AvgIpc) is 2.15. The van der Waals surface area contributed by atoms with Crippen LogP contribution < -0.4 is 5.73 Å². The molecule has 0 aliphatic carbocycles. The summed E-state index contributed by atoms with van der Waals surface area (Å²) < 4.78 is 0. The van der Waals surface area contributed by atoms with Gasteiger partial charge in [0.1, 0.15) is 6.04 Å². The topological polar surface area (TPSA) is 38.4 Å². The Kier molecular flexibility index (Phi) is 3.77. The molecule has 0 aliphatic heterocycles. The Balaban J connectivity index is 2.95. The number of benzene rings is 1. The Labute approximate surface area is 83.5 Å². The lowest BCUT2D eigenvalue weighted by Gasteiger charge is -2.14. The first-order valence-electron chi connectivity index (χ1n) is 3.96. The molecule has 67 valence electrons. The summed E-state index contributed by atoms with van der Waals surface area (Å²) in [5, 5.41) is 2.34. The summed E-state index contributed by atoms with van der Waals surface area (Å²) >= 11 is 4.55. The van der Waals surface area contributed by atoms with Gasteiger partial charge < -0.3 is 5.73 Å². The van der Waals surface area contributed by atoms with Crippen molar-refractivity contribution in [1.82, 2.24) is 0 Å². The number of hydrogen-bond donors (Lipinski definition) is 1. The number of nitrogens with zero attached hydrogens (tertiary/aromatic N) is 1. The molecule has 13 heavy (non-hydrogen) atoms. The zero-order valence-electron chi connectivity index (χ0n) is 7.18. The first kappa shape index (κ1) is 10.1. The molecule has 2 N–H and O–H groups in total. The van der Waals surface area contributed by atoms with Crippen LogP contribution in [0.25, 0.3) is 0 Å². The quantitative estimate of drug-likeness (QED) is 0.586. The van der Waals surface area contributed by atoms with Crippen molar-refractivity contribution in [2.45, 2.75) is 12.1 Å². The molecule has 0 heterocycles. The largest absolute Gasteiger partial charge is 0.326 e. The van der Waals surface area contributed by atoms with Gasteiger partial charge in [0.25, 0.3) is 0 Å². The van der Waals surface area contributed by atoms with E-state index in [1.54, 1.807) is 0 Å². The molecule has 0 aromatic heterocycles. The molecule has 0 saturated carbocycles. The lowest BCUT2D eigenvalue weighted by atomic mass is 10.0. The maximum atomic E-state index is 5.66. The molecule has 2 unspecified atom stereocenters. The summed E-state index contributed by atoms with van der Waals surface area (Å²) in [5.74, 6) is 0. The van der Waals surface area contributed by atoms with Crippen LogP contribution in [0.15, 0.2) is 35.3 Å². The molecule has 0 bridgehead atoms. The fraction of sp³-hybridized carbons (Fsp3) is 0.200. The number of hydrogen-bond acceptors (Lipinski definition) is 3. The number of aliphatic imine (C=N–C) groups is 1. The van der Waals surface area contributed by atoms with Crippen LogP contribution in [0.1, 0.15) is 11.6 Å². The molecular formula is C10H11N2S. The van der Waals surface area contributed by atoms with Gasteiger partial charge in [0, 0.05) is 6.04 Å². The van der Waals surface area contributed by atoms with Gasteiger partial charge in [-0.2, -0.15) is 0 Å². The van der Waals surface area contributed by atoms with Crippen LogP contribution >= 0.6 is 12.2 Å². The van der Waals surface area contributed by atoms with Crippen LogP contribution in [0, 0.1) is 6.92 Å². The van der Waals surface area contributed by atoms with Gasteiger partial charge in [0.2, 0.25) is 0 Å². The number of nitrogens with two attached hydrogens (primary N) is 1. The minimum Gasteiger partial charge on any atom is -0.326 e. The summed E-state index contributed by atoms with van der Waals surface area (Å²) in [7, 11) is 0. The third-order valence-electron chi connectivity index (χ3n) is 1.74. The van der Waals surface area contributed by atoms with E-state index < -0.39 is 0 Å². The van der Waals surface area contributed by atoms with Gasteiger partial charge >= 0.3 is 0 Å². The number of thiocarbonyl (C=S) groups is 1. The second-order valence-electron chi connectivity index (χ2n) is 2.74. The SMILES string of the molecule is [CH2]C(N)C(N=C=S)c1ccccc1. The highest BCUT2D eigenvalue weighted by atomic mass is 32.1. The Morgan fingerprint density at radius 3 is 2.46 bits per heavy atom. The van der Waals surface area contributed by atoms with Crippen LogP contribution in [0.5, 0.6) is 0 Å². The molecule has 2 nitrogen and oxygen atoms in total. The van der Waals surface area contributed by atoms with E-state index in [0.717, 1.165) is 5.56 Å². The molecule has 0 saturated heterocycles. The predicted octanol–water partition coefficient (Wildman–Crippen LogP) is 1.99. The molecule has 0 spiro atoms. The van der Waals surface area contributed by atoms with E-state index in [2.05, 4.69) is 29.3 Å². The van der Waals surface area contributed by atoms with Crippen molar-refractivity contribution < 1.29 is 0 Å². The van der Waals surface area contributed by atoms with Gasteiger partial charge in [0.05, 0.1) is 5.16 Å². The molecule has 1 aromatic rings. The van der Waals surface area contributed by atoms with E-state index in [1.807, 2.05) is 30.3 Å². The van der Waals surface area contributed by atoms with E-state index in [1.165, 1.54) is 0 Å². The Morgan fingerprint density at radius 1 is 1.38 bits per heavy atom. The maximum Gasteiger partial charge on any atom is 0.100 e. The van der Waals surface area contributed by atoms with Gasteiger partial charge in [0.15, 0.2) is 0 Å². The Morgan fingerprint density at radius 2 is 2.00 bits per heavy atom. The molecule has 0 fully saturated rings. The molecule has 0 amide bonds. The second-order valence-corrected chi connectivity index (χ2v) is 2.92. The van der Waals surface area contributed by atoms with Crippen LogP contribution in [-0.4, -0.2) is 11.2 Å². The first-order valence-corrected chi connectivity index (χ1v) is 4.37. The van der Waals surface area contributed by atoms with Crippen molar-refractivity contribution in [3.63, 3.8) is 0 Å². The van der Waals surface area contributed by atoms with E-state index in [9.17, 15) is 0 Å². The van der Waals surface area contributed by atoms with Crippen molar-refractivity contribution in [3.8, 4) is 0 Å². The molecular weight excluding hydrogens is 180 g/mol. The molecule has 1 aromatic carbocycles. The van der Waals surface area contributed by atoms with Crippen molar-refractivity contribution in [2.75, 3.05) is 0 Å². The minimum absolute atomic E-state index is 0.182. The zero-order chi connectivity index (χ0) is 9.68. The fourth-order valence-corrected chi connectivity index (χ4v) is 1.24. The predicted molar refractivity (Wildman–Crippen MR) is 57.5 cm³/mol. The number of isothiocyanates is 1. The molecule has 3 heteroatoms. The third-order valence-corrected chi connectivity index (χ3v) is 1.84. The normalized spacial score (nSPS) is 14.3. The van der Waals surface area contributed by atoms with Crippen molar-refractivity contribution in [1.29, 1.82) is 0 Å². The van der Waals surface area contributed by atoms with Gasteiger partial charge in [-0.25, -0.2) is 4.99 Å². The van der Waals surface area contributed by atoms with Crippen LogP contribution in [0.3, 0.4) is 0 Å². The maximum absolute atomic E-state index is 5.66. The van der Waals surface area contributed by atoms with Gasteiger partial charge in [-0.3, -0.25) is 0 Å². The first-order chi connectivity index (χ1) is 6.25. The molecule has 1 radical (unpaired) electrons. The fourth-order valence-electron chi connectivity index (χ4n) is 1.12. The van der Waals surface area contributed by atoms with Crippen molar-refractivity contribution in [3.05, 3.63) is 42.8 Å². The minimum atomic E-state index is -0.294. The standard InChI is InChI=1S/C10H11N2S/c1-8(11)10(12-7-13)9-5-3-2-4-6-9/h2-6,8,10H,1,11H2. The summed E-state index contributed by atoms with van der Waals surface area (Å²) in [5.41, 5.74) is 6.68. The van der Waals surface area contributed by atoms with Gasteiger partial charge in [-0.15, -0.1) is 0 Å². The average molecular weight is 191 g/mol. The molecule has 2 atom stereocenters. The van der Waals surface area contributed by atoms with Crippen molar-refractivity contribution in [2.24, 2.45) is 10.7 Å². The van der Waals surface area contributed by atoms with Crippen LogP contribution in [-0.2, 0) is 0 Å². The van der Waals surface area contributed by atoms with Crippen molar-refractivity contribution >= 4 is 17.4 Å². The number of rotatable bonds is 3. The highest BCUT2D eigenvalue weighted by Gasteiger charge is 2.13. The van der Waals surface area contributed by atoms with E-state index in [-0.39, 0.29) is 12.1 Å². The lowest BCUT2D eigenvalue weighted by molar-refractivity contribution is 0.639. The molecule has 1 rings (SSSR count).